The van der Waals surface area contributed by atoms with Crippen molar-refractivity contribution in [2.75, 3.05) is 19.8 Å². The Hall–Kier alpha value is -1.69. The predicted molar refractivity (Wildman–Crippen MR) is 86.2 cm³/mol. The number of nitrogens with zero attached hydrogens (tertiary/aromatic N) is 1. The number of carbonyl (C=O) groups is 1. The highest BCUT2D eigenvalue weighted by atomic mass is 31.2. The van der Waals surface area contributed by atoms with Gasteiger partial charge in [0, 0.05) is 5.56 Å². The van der Waals surface area contributed by atoms with Gasteiger partial charge < -0.3 is 4.74 Å². The smallest absolute Gasteiger partial charge is 0.461 e. The van der Waals surface area contributed by atoms with Crippen LogP contribution in [0.4, 0.5) is 0 Å². The van der Waals surface area contributed by atoms with Crippen LogP contribution in [0.5, 0.6) is 0 Å². The number of benzene rings is 1. The van der Waals surface area contributed by atoms with E-state index in [0.29, 0.717) is 12.0 Å². The molecule has 8 heteroatoms. The molecule has 0 saturated heterocycles. The number of esters is 1. The van der Waals surface area contributed by atoms with Gasteiger partial charge in [0.2, 0.25) is 0 Å². The summed E-state index contributed by atoms with van der Waals surface area (Å²) in [6.45, 7) is 5.65. The van der Waals surface area contributed by atoms with Crippen molar-refractivity contribution in [3.05, 3.63) is 35.9 Å². The van der Waals surface area contributed by atoms with Crippen LogP contribution in [-0.2, 0) is 27.8 Å². The number of hydrogen-bond donors (Lipinski definition) is 0. The minimum atomic E-state index is -3.85. The molecule has 0 bridgehead atoms. The van der Waals surface area contributed by atoms with E-state index in [1.807, 2.05) is 6.92 Å². The van der Waals surface area contributed by atoms with Gasteiger partial charge in [0.15, 0.2) is 5.71 Å². The van der Waals surface area contributed by atoms with Gasteiger partial charge in [-0.25, -0.2) is 9.36 Å². The lowest BCUT2D eigenvalue weighted by Crippen LogP contribution is -2.19. The Labute approximate surface area is 136 Å². The second-order valence-electron chi connectivity index (χ2n) is 4.31. The molecule has 0 atom stereocenters. The molecule has 23 heavy (non-hydrogen) atoms. The lowest BCUT2D eigenvalue weighted by atomic mass is 10.1. The van der Waals surface area contributed by atoms with Crippen LogP contribution in [0, 0.1) is 0 Å². The topological polar surface area (TPSA) is 83.4 Å². The van der Waals surface area contributed by atoms with Gasteiger partial charge in [-0.05, 0) is 20.3 Å². The Morgan fingerprint density at radius 1 is 1.09 bits per heavy atom. The van der Waals surface area contributed by atoms with Crippen LogP contribution in [0.25, 0.3) is 0 Å². The van der Waals surface area contributed by atoms with Crippen LogP contribution in [-0.4, -0.2) is 31.5 Å². The van der Waals surface area contributed by atoms with Crippen LogP contribution in [0.1, 0.15) is 32.8 Å². The average Bonchev–Trinajstić information content (AvgIpc) is 2.54. The van der Waals surface area contributed by atoms with Gasteiger partial charge in [0.05, 0.1) is 19.8 Å². The molecule has 0 aliphatic heterocycles. The zero-order chi connectivity index (χ0) is 17.1. The zero-order valence-electron chi connectivity index (χ0n) is 13.6. The first kappa shape index (κ1) is 19.4. The molecule has 0 unspecified atom stereocenters. The number of phosphoric acid groups is 1. The van der Waals surface area contributed by atoms with Gasteiger partial charge in [-0.2, -0.15) is 0 Å². The molecule has 7 nitrogen and oxygen atoms in total. The summed E-state index contributed by atoms with van der Waals surface area (Å²) in [6.07, 6.45) is 0.672. The van der Waals surface area contributed by atoms with E-state index in [2.05, 4.69) is 5.16 Å². The summed E-state index contributed by atoms with van der Waals surface area (Å²) < 4.78 is 32.2. The summed E-state index contributed by atoms with van der Waals surface area (Å²) in [6, 6.07) is 8.61. The van der Waals surface area contributed by atoms with E-state index < -0.39 is 13.8 Å². The molecule has 0 saturated carbocycles. The van der Waals surface area contributed by atoms with E-state index in [9.17, 15) is 9.36 Å². The fourth-order valence-corrected chi connectivity index (χ4v) is 2.54. The standard InChI is InChI=1S/C15H22NO6P/c1-4-12-19-15(17)14(13-10-8-7-9-11-13)16-22-23(18,20-5-2)21-6-3/h7-11H,4-6,12H2,1-3H3. The number of phosphoric ester groups is 1. The Morgan fingerprint density at radius 2 is 1.70 bits per heavy atom. The average molecular weight is 343 g/mol. The minimum Gasteiger partial charge on any atom is -0.461 e. The fourth-order valence-electron chi connectivity index (χ4n) is 1.56. The lowest BCUT2D eigenvalue weighted by molar-refractivity contribution is -0.135. The first-order valence-corrected chi connectivity index (χ1v) is 8.90. The van der Waals surface area contributed by atoms with Gasteiger partial charge in [-0.15, -0.1) is 0 Å². The monoisotopic (exact) mass is 343 g/mol. The van der Waals surface area contributed by atoms with Crippen molar-refractivity contribution in [3.63, 3.8) is 0 Å². The number of carbonyl (C=O) groups excluding carboxylic acids is 1. The Bertz CT molecular complexity index is 550. The third-order valence-electron chi connectivity index (χ3n) is 2.48. The van der Waals surface area contributed by atoms with Gasteiger partial charge in [0.25, 0.3) is 0 Å². The second kappa shape index (κ2) is 10.2. The molecule has 1 aromatic rings. The third kappa shape index (κ3) is 6.52. The number of ether oxygens (including phenoxy) is 1. The molecule has 0 aliphatic rings. The molecule has 0 amide bonds. The van der Waals surface area contributed by atoms with E-state index in [4.69, 9.17) is 18.4 Å². The lowest BCUT2D eigenvalue weighted by Gasteiger charge is -2.14. The van der Waals surface area contributed by atoms with Crippen molar-refractivity contribution in [2.24, 2.45) is 5.16 Å². The quantitative estimate of drug-likeness (QED) is 0.280. The largest absolute Gasteiger partial charge is 0.550 e. The molecule has 1 aromatic carbocycles. The SMILES string of the molecule is CCCOC(=O)C(=NOP(=O)(OCC)OCC)c1ccccc1. The molecular weight excluding hydrogens is 321 g/mol. The maximum atomic E-state index is 12.3. The van der Waals surface area contributed by atoms with Gasteiger partial charge in [0.1, 0.15) is 0 Å². The molecular formula is C15H22NO6P. The molecule has 0 N–H and O–H groups in total. The molecule has 0 fully saturated rings. The van der Waals surface area contributed by atoms with Crippen molar-refractivity contribution in [3.8, 4) is 0 Å². The Balaban J connectivity index is 3.03. The van der Waals surface area contributed by atoms with Crippen molar-refractivity contribution >= 4 is 19.5 Å². The van der Waals surface area contributed by atoms with Gasteiger partial charge >= 0.3 is 13.8 Å². The van der Waals surface area contributed by atoms with E-state index >= 15 is 0 Å². The molecule has 0 aliphatic carbocycles. The van der Waals surface area contributed by atoms with Crippen LogP contribution in [0.3, 0.4) is 0 Å². The van der Waals surface area contributed by atoms with Crippen LogP contribution >= 0.6 is 7.82 Å². The van der Waals surface area contributed by atoms with Crippen molar-refractivity contribution in [1.82, 2.24) is 0 Å². The number of oxime groups is 1. The molecule has 0 heterocycles. The van der Waals surface area contributed by atoms with Gasteiger partial charge in [-0.3, -0.25) is 13.7 Å². The van der Waals surface area contributed by atoms with Crippen LogP contribution in [0.15, 0.2) is 35.5 Å². The first-order chi connectivity index (χ1) is 11.1. The molecule has 128 valence electrons. The highest BCUT2D eigenvalue weighted by Gasteiger charge is 2.28. The molecule has 0 radical (unpaired) electrons. The van der Waals surface area contributed by atoms with Crippen molar-refractivity contribution in [1.29, 1.82) is 0 Å². The normalized spacial score (nSPS) is 12.0. The highest BCUT2D eigenvalue weighted by Crippen LogP contribution is 2.49. The van der Waals surface area contributed by atoms with E-state index in [1.165, 1.54) is 0 Å². The Kier molecular flexibility index (Phi) is 8.55. The molecule has 1 rings (SSSR count). The first-order valence-electron chi connectivity index (χ1n) is 7.44. The van der Waals surface area contributed by atoms with Crippen molar-refractivity contribution in [2.45, 2.75) is 27.2 Å². The Morgan fingerprint density at radius 3 is 2.22 bits per heavy atom. The fraction of sp³-hybridized carbons (Fsp3) is 0.467. The summed E-state index contributed by atoms with van der Waals surface area (Å²) >= 11 is 0. The molecule has 0 spiro atoms. The number of rotatable bonds is 10. The summed E-state index contributed by atoms with van der Waals surface area (Å²) in [7, 11) is -3.85. The maximum absolute atomic E-state index is 12.3. The van der Waals surface area contributed by atoms with Crippen LogP contribution < -0.4 is 0 Å². The summed E-state index contributed by atoms with van der Waals surface area (Å²) in [5, 5.41) is 3.69. The zero-order valence-corrected chi connectivity index (χ0v) is 14.5. The maximum Gasteiger partial charge on any atom is 0.550 e. The van der Waals surface area contributed by atoms with Crippen LogP contribution in [0.2, 0.25) is 0 Å². The summed E-state index contributed by atoms with van der Waals surface area (Å²) in [5.41, 5.74) is 0.381. The predicted octanol–water partition coefficient (Wildman–Crippen LogP) is 3.54. The molecule has 0 aromatic heterocycles. The third-order valence-corrected chi connectivity index (χ3v) is 3.91. The van der Waals surface area contributed by atoms with E-state index in [-0.39, 0.29) is 25.5 Å². The van der Waals surface area contributed by atoms with Crippen molar-refractivity contribution < 1.29 is 27.8 Å². The minimum absolute atomic E-state index is 0.0984. The second-order valence-corrected chi connectivity index (χ2v) is 5.88. The van der Waals surface area contributed by atoms with E-state index in [1.54, 1.807) is 44.2 Å². The van der Waals surface area contributed by atoms with Gasteiger partial charge in [-0.1, -0.05) is 42.4 Å². The van der Waals surface area contributed by atoms with E-state index in [0.717, 1.165) is 0 Å². The summed E-state index contributed by atoms with van der Waals surface area (Å²) in [5.74, 6) is -0.669. The summed E-state index contributed by atoms with van der Waals surface area (Å²) in [4.78, 5) is 12.1. The highest BCUT2D eigenvalue weighted by molar-refractivity contribution is 7.48. The number of hydrogen-bond acceptors (Lipinski definition) is 7.